The predicted molar refractivity (Wildman–Crippen MR) is 67.7 cm³/mol. The van der Waals surface area contributed by atoms with Crippen LogP contribution in [0.5, 0.6) is 5.75 Å². The SMILES string of the molecule is COc1ccccc1C(N)c1cnccc1N. The lowest BCUT2D eigenvalue weighted by molar-refractivity contribution is 0.408. The van der Waals surface area contributed by atoms with Crippen LogP contribution in [-0.2, 0) is 0 Å². The maximum absolute atomic E-state index is 6.19. The number of rotatable bonds is 3. The van der Waals surface area contributed by atoms with Gasteiger partial charge in [-0.2, -0.15) is 0 Å². The summed E-state index contributed by atoms with van der Waals surface area (Å²) in [7, 11) is 1.62. The van der Waals surface area contributed by atoms with Gasteiger partial charge in [-0.15, -0.1) is 0 Å². The summed E-state index contributed by atoms with van der Waals surface area (Å²) in [5, 5.41) is 0. The summed E-state index contributed by atoms with van der Waals surface area (Å²) in [4.78, 5) is 4.05. The number of benzene rings is 1. The number of anilines is 1. The van der Waals surface area contributed by atoms with Gasteiger partial charge in [0.15, 0.2) is 0 Å². The monoisotopic (exact) mass is 229 g/mol. The Morgan fingerprint density at radius 2 is 1.94 bits per heavy atom. The van der Waals surface area contributed by atoms with Gasteiger partial charge in [-0.25, -0.2) is 0 Å². The summed E-state index contributed by atoms with van der Waals surface area (Å²) in [5.74, 6) is 0.753. The molecule has 0 aliphatic rings. The average molecular weight is 229 g/mol. The maximum Gasteiger partial charge on any atom is 0.123 e. The molecule has 1 heterocycles. The highest BCUT2D eigenvalue weighted by Gasteiger charge is 2.15. The van der Waals surface area contributed by atoms with Gasteiger partial charge in [0.2, 0.25) is 0 Å². The summed E-state index contributed by atoms with van der Waals surface area (Å²) < 4.78 is 5.29. The Balaban J connectivity index is 2.44. The van der Waals surface area contributed by atoms with Crippen molar-refractivity contribution in [1.29, 1.82) is 0 Å². The van der Waals surface area contributed by atoms with Gasteiger partial charge in [-0.05, 0) is 12.1 Å². The molecule has 0 radical (unpaired) electrons. The van der Waals surface area contributed by atoms with Crippen LogP contribution in [0.2, 0.25) is 0 Å². The van der Waals surface area contributed by atoms with Crippen molar-refractivity contribution >= 4 is 5.69 Å². The number of nitrogen functional groups attached to an aromatic ring is 1. The van der Waals surface area contributed by atoms with Crippen LogP contribution in [0.1, 0.15) is 17.2 Å². The van der Waals surface area contributed by atoms with Crippen LogP contribution in [0.4, 0.5) is 5.69 Å². The van der Waals surface area contributed by atoms with E-state index in [4.69, 9.17) is 16.2 Å². The number of hydrogen-bond donors (Lipinski definition) is 2. The highest BCUT2D eigenvalue weighted by molar-refractivity contribution is 5.51. The number of pyridine rings is 1. The van der Waals surface area contributed by atoms with Gasteiger partial charge >= 0.3 is 0 Å². The number of nitrogens with two attached hydrogens (primary N) is 2. The van der Waals surface area contributed by atoms with E-state index in [0.29, 0.717) is 5.69 Å². The van der Waals surface area contributed by atoms with E-state index in [1.807, 2.05) is 24.3 Å². The molecule has 88 valence electrons. The minimum Gasteiger partial charge on any atom is -0.496 e. The summed E-state index contributed by atoms with van der Waals surface area (Å²) >= 11 is 0. The van der Waals surface area contributed by atoms with Crippen molar-refractivity contribution in [1.82, 2.24) is 4.98 Å². The van der Waals surface area contributed by atoms with Gasteiger partial charge in [-0.1, -0.05) is 18.2 Å². The Kier molecular flexibility index (Phi) is 3.25. The molecule has 1 aromatic carbocycles. The summed E-state index contributed by atoms with van der Waals surface area (Å²) in [5.41, 5.74) is 14.4. The molecule has 4 heteroatoms. The quantitative estimate of drug-likeness (QED) is 0.840. The van der Waals surface area contributed by atoms with E-state index < -0.39 is 0 Å². The lowest BCUT2D eigenvalue weighted by Gasteiger charge is -2.17. The summed E-state index contributed by atoms with van der Waals surface area (Å²) in [6, 6.07) is 9.04. The maximum atomic E-state index is 6.19. The van der Waals surface area contributed by atoms with Crippen molar-refractivity contribution in [3.63, 3.8) is 0 Å². The van der Waals surface area contributed by atoms with Gasteiger partial charge in [-0.3, -0.25) is 4.98 Å². The molecule has 0 bridgehead atoms. The highest BCUT2D eigenvalue weighted by atomic mass is 16.5. The van der Waals surface area contributed by atoms with Crippen LogP contribution in [0.15, 0.2) is 42.7 Å². The van der Waals surface area contributed by atoms with Crippen LogP contribution in [0.3, 0.4) is 0 Å². The zero-order chi connectivity index (χ0) is 12.3. The van der Waals surface area contributed by atoms with Gasteiger partial charge in [0.05, 0.1) is 13.2 Å². The van der Waals surface area contributed by atoms with E-state index in [2.05, 4.69) is 4.98 Å². The fraction of sp³-hybridized carbons (Fsp3) is 0.154. The summed E-state index contributed by atoms with van der Waals surface area (Å²) in [6.07, 6.45) is 3.33. The smallest absolute Gasteiger partial charge is 0.123 e. The second kappa shape index (κ2) is 4.84. The Bertz CT molecular complexity index is 514. The molecule has 4 nitrogen and oxygen atoms in total. The standard InChI is InChI=1S/C13H15N3O/c1-17-12-5-3-2-4-9(12)13(15)10-8-16-7-6-11(10)14/h2-8,13H,15H2,1H3,(H2,14,16). The Morgan fingerprint density at radius 1 is 1.18 bits per heavy atom. The van der Waals surface area contributed by atoms with E-state index >= 15 is 0 Å². The van der Waals surface area contributed by atoms with Crippen LogP contribution in [0.25, 0.3) is 0 Å². The third-order valence-corrected chi connectivity index (χ3v) is 2.70. The van der Waals surface area contributed by atoms with E-state index in [-0.39, 0.29) is 6.04 Å². The van der Waals surface area contributed by atoms with Crippen molar-refractivity contribution in [3.8, 4) is 5.75 Å². The topological polar surface area (TPSA) is 74.2 Å². The number of para-hydroxylation sites is 1. The molecule has 1 atom stereocenters. The van der Waals surface area contributed by atoms with Gasteiger partial charge in [0, 0.05) is 29.2 Å². The van der Waals surface area contributed by atoms with Crippen molar-refractivity contribution in [2.24, 2.45) is 5.73 Å². The zero-order valence-electron chi connectivity index (χ0n) is 9.63. The van der Waals surface area contributed by atoms with E-state index in [9.17, 15) is 0 Å². The Hall–Kier alpha value is -2.07. The molecule has 0 fully saturated rings. The number of methoxy groups -OCH3 is 1. The molecule has 1 unspecified atom stereocenters. The lowest BCUT2D eigenvalue weighted by Crippen LogP contribution is -2.15. The van der Waals surface area contributed by atoms with Crippen molar-refractivity contribution in [3.05, 3.63) is 53.9 Å². The van der Waals surface area contributed by atoms with Crippen LogP contribution in [0, 0.1) is 0 Å². The Morgan fingerprint density at radius 3 is 2.65 bits per heavy atom. The fourth-order valence-electron chi connectivity index (χ4n) is 1.77. The van der Waals surface area contributed by atoms with Crippen molar-refractivity contribution in [2.45, 2.75) is 6.04 Å². The molecule has 2 rings (SSSR count). The van der Waals surface area contributed by atoms with Crippen molar-refractivity contribution < 1.29 is 4.74 Å². The highest BCUT2D eigenvalue weighted by Crippen LogP contribution is 2.29. The Labute approximate surface area is 100 Å². The molecule has 0 saturated carbocycles. The first-order valence-corrected chi connectivity index (χ1v) is 5.32. The normalized spacial score (nSPS) is 12.1. The zero-order valence-corrected chi connectivity index (χ0v) is 9.63. The molecule has 1 aromatic heterocycles. The van der Waals surface area contributed by atoms with Gasteiger partial charge in [0.1, 0.15) is 5.75 Å². The van der Waals surface area contributed by atoms with Gasteiger partial charge < -0.3 is 16.2 Å². The molecule has 2 aromatic rings. The molecule has 0 saturated heterocycles. The van der Waals surface area contributed by atoms with Crippen LogP contribution >= 0.6 is 0 Å². The average Bonchev–Trinajstić information content (AvgIpc) is 2.38. The third kappa shape index (κ3) is 2.21. The molecule has 4 N–H and O–H groups in total. The summed E-state index contributed by atoms with van der Waals surface area (Å²) in [6.45, 7) is 0. The molecule has 0 amide bonds. The van der Waals surface area contributed by atoms with E-state index in [0.717, 1.165) is 16.9 Å². The number of nitrogens with zero attached hydrogens (tertiary/aromatic N) is 1. The molecule has 17 heavy (non-hydrogen) atoms. The second-order valence-corrected chi connectivity index (χ2v) is 3.72. The molecule has 0 aliphatic heterocycles. The molecular weight excluding hydrogens is 214 g/mol. The van der Waals surface area contributed by atoms with Crippen molar-refractivity contribution in [2.75, 3.05) is 12.8 Å². The van der Waals surface area contributed by atoms with E-state index in [1.54, 1.807) is 25.6 Å². The predicted octanol–water partition coefficient (Wildman–Crippen LogP) is 1.72. The molecule has 0 spiro atoms. The van der Waals surface area contributed by atoms with E-state index in [1.165, 1.54) is 0 Å². The van der Waals surface area contributed by atoms with Crippen LogP contribution < -0.4 is 16.2 Å². The largest absolute Gasteiger partial charge is 0.496 e. The third-order valence-electron chi connectivity index (χ3n) is 2.70. The lowest BCUT2D eigenvalue weighted by atomic mass is 9.99. The fourth-order valence-corrected chi connectivity index (χ4v) is 1.77. The first-order valence-electron chi connectivity index (χ1n) is 5.32. The molecular formula is C13H15N3O. The number of ether oxygens (including phenoxy) is 1. The van der Waals surface area contributed by atoms with Gasteiger partial charge in [0.25, 0.3) is 0 Å². The minimum atomic E-state index is -0.333. The number of hydrogen-bond acceptors (Lipinski definition) is 4. The second-order valence-electron chi connectivity index (χ2n) is 3.72. The van der Waals surface area contributed by atoms with Crippen LogP contribution in [-0.4, -0.2) is 12.1 Å². The molecule has 0 aliphatic carbocycles. The first kappa shape index (κ1) is 11.4. The number of aromatic nitrogens is 1. The minimum absolute atomic E-state index is 0.333. The first-order chi connectivity index (χ1) is 8.24.